The van der Waals surface area contributed by atoms with Gasteiger partial charge in [-0.2, -0.15) is 0 Å². The van der Waals surface area contributed by atoms with Crippen LogP contribution in [0.2, 0.25) is 0 Å². The summed E-state index contributed by atoms with van der Waals surface area (Å²) in [6.07, 6.45) is 3.60. The molecule has 1 fully saturated rings. The van der Waals surface area contributed by atoms with E-state index in [2.05, 4.69) is 10.3 Å². The molecule has 0 aliphatic carbocycles. The molecule has 22 nitrogen and oxygen atoms in total. The summed E-state index contributed by atoms with van der Waals surface area (Å²) in [6.45, 7) is 30.4. The predicted molar refractivity (Wildman–Crippen MR) is 353 cm³/mol. The molecule has 0 saturated carbocycles. The second kappa shape index (κ2) is 36.4. The van der Waals surface area contributed by atoms with Crippen molar-refractivity contribution in [3.8, 4) is 0 Å². The number of hydrogen-bond acceptors (Lipinski definition) is 13. The molecule has 2 heterocycles. The number of carbonyl (C=O) groups is 11. The highest BCUT2D eigenvalue weighted by Gasteiger charge is 2.46. The Labute approximate surface area is 546 Å². The number of aliphatic hydroxyl groups is 1. The molecule has 2 rings (SSSR count). The smallest absolute Gasteiger partial charge is 0.246 e. The van der Waals surface area contributed by atoms with Gasteiger partial charge >= 0.3 is 0 Å². The van der Waals surface area contributed by atoms with Gasteiger partial charge in [-0.1, -0.05) is 104 Å². The van der Waals surface area contributed by atoms with E-state index in [1.165, 1.54) is 90.6 Å². The van der Waals surface area contributed by atoms with Crippen LogP contribution in [0.1, 0.15) is 188 Å². The maximum atomic E-state index is 15.4. The Balaban J connectivity index is 3.01. The Hall–Kier alpha value is -6.06. The van der Waals surface area contributed by atoms with E-state index in [-0.39, 0.29) is 74.4 Å². The first-order valence-corrected chi connectivity index (χ1v) is 33.5. The van der Waals surface area contributed by atoms with E-state index in [4.69, 9.17) is 0 Å². The molecule has 1 aromatic heterocycles. The van der Waals surface area contributed by atoms with Gasteiger partial charge in [0.15, 0.2) is 17.3 Å². The second-order valence-corrected chi connectivity index (χ2v) is 28.9. The largest absolute Gasteiger partial charge is 0.390 e. The van der Waals surface area contributed by atoms with Gasteiger partial charge in [-0.25, -0.2) is 4.98 Å². The maximum absolute atomic E-state index is 15.4. The lowest BCUT2D eigenvalue weighted by Gasteiger charge is -2.41. The van der Waals surface area contributed by atoms with Gasteiger partial charge in [-0.3, -0.25) is 52.7 Å². The number of imidazole rings is 1. The Kier molecular flexibility index (Phi) is 32.4. The zero-order chi connectivity index (χ0) is 70.1. The summed E-state index contributed by atoms with van der Waals surface area (Å²) in [4.78, 5) is 176. The van der Waals surface area contributed by atoms with Crippen LogP contribution in [0.5, 0.6) is 0 Å². The minimum Gasteiger partial charge on any atom is -0.390 e. The third kappa shape index (κ3) is 22.0. The highest BCUT2D eigenvalue weighted by Crippen LogP contribution is 2.30. The van der Waals surface area contributed by atoms with E-state index in [9.17, 15) is 38.7 Å². The molecule has 0 spiro atoms. The van der Waals surface area contributed by atoms with Crippen molar-refractivity contribution < 1.29 is 57.8 Å². The zero-order valence-electron chi connectivity index (χ0n) is 60.4. The summed E-state index contributed by atoms with van der Waals surface area (Å²) in [5.74, 6) is -10.1. The molecule has 0 bridgehead atoms. The Morgan fingerprint density at radius 3 is 1.38 bits per heavy atom. The van der Waals surface area contributed by atoms with E-state index in [1.54, 1.807) is 47.7 Å². The summed E-state index contributed by atoms with van der Waals surface area (Å²) in [5.41, 5.74) is 0. The van der Waals surface area contributed by atoms with Gasteiger partial charge in [0, 0.05) is 112 Å². The molecular weight excluding hydrogens is 1160 g/mol. The van der Waals surface area contributed by atoms with Crippen LogP contribution in [-0.4, -0.2) is 217 Å². The van der Waals surface area contributed by atoms with Crippen molar-refractivity contribution in [3.05, 3.63) is 18.2 Å². The van der Waals surface area contributed by atoms with Crippen LogP contribution in [0.4, 0.5) is 0 Å². The lowest BCUT2D eigenvalue weighted by atomic mass is 9.84. The normalized spacial score (nSPS) is 26.9. The average molecular weight is 1280 g/mol. The number of aryl methyl sites for hydroxylation is 2. The highest BCUT2D eigenvalue weighted by molar-refractivity contribution is 6.00. The van der Waals surface area contributed by atoms with E-state index >= 15 is 19.2 Å². The van der Waals surface area contributed by atoms with Crippen LogP contribution in [-0.2, 0) is 66.2 Å². The summed E-state index contributed by atoms with van der Waals surface area (Å²) in [5, 5.41) is 15.2. The number of hydrogen-bond donors (Lipinski definition) is 2. The molecule has 1 aromatic rings. The van der Waals surface area contributed by atoms with Gasteiger partial charge in [0.2, 0.25) is 47.3 Å². The van der Waals surface area contributed by atoms with Crippen LogP contribution in [0.3, 0.4) is 0 Å². The minimum atomic E-state index is -1.52. The number of amides is 8. The van der Waals surface area contributed by atoms with Gasteiger partial charge in [-0.05, 0) is 100 Å². The van der Waals surface area contributed by atoms with E-state index in [1.807, 2.05) is 87.0 Å². The minimum absolute atomic E-state index is 0.0717. The number of likely N-dealkylation sites (N-methyl/N-ethyl adjacent to an activating group) is 7. The van der Waals surface area contributed by atoms with Crippen molar-refractivity contribution in [1.82, 2.24) is 49.2 Å². The van der Waals surface area contributed by atoms with Crippen molar-refractivity contribution in [3.63, 3.8) is 0 Å². The van der Waals surface area contributed by atoms with Crippen molar-refractivity contribution in [2.75, 3.05) is 49.3 Å². The molecule has 0 radical (unpaired) electrons. The topological polar surface area (TPSA) is 261 Å². The quantitative estimate of drug-likeness (QED) is 0.164. The molecule has 2 N–H and O–H groups in total. The van der Waals surface area contributed by atoms with Gasteiger partial charge in [0.05, 0.1) is 18.2 Å². The van der Waals surface area contributed by atoms with E-state index < -0.39 is 155 Å². The first kappa shape index (κ1) is 81.0. The zero-order valence-corrected chi connectivity index (χ0v) is 60.4. The Morgan fingerprint density at radius 1 is 0.495 bits per heavy atom. The molecule has 1 saturated heterocycles. The summed E-state index contributed by atoms with van der Waals surface area (Å²) < 4.78 is 1.90. The SMILES string of the molecule is CC[C@H]1CC(=O)[C@@H]([C@H](O)[C@H](C)CCCc2nccn2C)N(C)C(=O)[C@@H](C(C)C)N(C)C(=O)[C@@H](CC(C)C)N(C)C(=O)[C@@H](CC(C)C)N(C)C(=O)[C@H](C)NC(=O)[C@@H](C)CC(=O)[C@@H](CC(C)C)N(C)C(=O)[C@@H](C(C)C)CC(=O)[C@H](CC(C)C)N(C)C(=O)[C@@H](C)N(C)C1=O. The number of nitrogens with zero attached hydrogens (tertiary/aromatic N) is 9. The summed E-state index contributed by atoms with van der Waals surface area (Å²) >= 11 is 0. The number of ketones is 3. The molecular formula is C69H120N10O12. The predicted octanol–water partition coefficient (Wildman–Crippen LogP) is 6.72. The first-order chi connectivity index (χ1) is 42.1. The fourth-order valence-corrected chi connectivity index (χ4v) is 12.6. The van der Waals surface area contributed by atoms with E-state index in [0.717, 1.165) is 5.82 Å². The highest BCUT2D eigenvalue weighted by atomic mass is 16.3. The third-order valence-electron chi connectivity index (χ3n) is 18.8. The first-order valence-electron chi connectivity index (χ1n) is 33.5. The van der Waals surface area contributed by atoms with Gasteiger partial charge in [-0.15, -0.1) is 0 Å². The lowest BCUT2D eigenvalue weighted by Crippen LogP contribution is -2.61. The molecule has 22 heteroatoms. The second-order valence-electron chi connectivity index (χ2n) is 28.9. The van der Waals surface area contributed by atoms with Crippen molar-refractivity contribution >= 4 is 64.6 Å². The molecule has 0 aromatic carbocycles. The van der Waals surface area contributed by atoms with Crippen LogP contribution in [0, 0.1) is 59.2 Å². The lowest BCUT2D eigenvalue weighted by molar-refractivity contribution is -0.157. The molecule has 1 aliphatic rings. The van der Waals surface area contributed by atoms with Crippen molar-refractivity contribution in [2.24, 2.45) is 66.2 Å². The number of Topliss-reactive ketones (excluding diaryl/α,β-unsaturated/α-hetero) is 3. The molecule has 91 heavy (non-hydrogen) atoms. The summed E-state index contributed by atoms with van der Waals surface area (Å²) in [7, 11) is 12.2. The van der Waals surface area contributed by atoms with Crippen molar-refractivity contribution in [1.29, 1.82) is 0 Å². The number of carbonyl (C=O) groups excluding carboxylic acids is 11. The van der Waals surface area contributed by atoms with Gasteiger partial charge in [0.25, 0.3) is 0 Å². The van der Waals surface area contributed by atoms with Crippen LogP contribution >= 0.6 is 0 Å². The molecule has 13 atom stereocenters. The third-order valence-corrected chi connectivity index (χ3v) is 18.8. The summed E-state index contributed by atoms with van der Waals surface area (Å²) in [6, 6.07) is -9.35. The van der Waals surface area contributed by atoms with Crippen LogP contribution in [0.15, 0.2) is 12.4 Å². The van der Waals surface area contributed by atoms with Gasteiger partial charge in [0.1, 0.15) is 42.1 Å². The molecule has 0 unspecified atom stereocenters. The Morgan fingerprint density at radius 2 is 0.934 bits per heavy atom. The number of aromatic nitrogens is 2. The number of nitrogens with one attached hydrogen (secondary N) is 1. The monoisotopic (exact) mass is 1280 g/mol. The number of rotatable bonds is 17. The van der Waals surface area contributed by atoms with E-state index in [0.29, 0.717) is 19.3 Å². The maximum Gasteiger partial charge on any atom is 0.246 e. The van der Waals surface area contributed by atoms with Crippen LogP contribution in [0.25, 0.3) is 0 Å². The standard InChI is InChI=1S/C69H120N10O12/c1-26-49-37-57(82)60(61(83)45(14)28-27-29-58-70-30-31-72(58)18)79(25)69(91)59(44(12)13)78(24)68(90)54(35-42(8)9)77(23)67(89)53(34-41(6)7)76(22)63(85)47(16)71-62(84)46(15)36-55(80)51(32-39(2)3)75(21)66(88)50(43(10)11)38-56(81)52(33-40(4)5)74(20)64(86)48(17)73(19)65(49)87/h30-31,39-54,59-61,83H,26-29,32-38H2,1-25H3,(H,71,84)/t45-,46+,47+,48-,49+,50-,51-,52+,53-,54-,59-,60+,61-/m1/s1. The van der Waals surface area contributed by atoms with Crippen LogP contribution < -0.4 is 5.32 Å². The fourth-order valence-electron chi connectivity index (χ4n) is 12.6. The molecule has 1 aliphatic heterocycles. The van der Waals surface area contributed by atoms with Crippen molar-refractivity contribution in [2.45, 2.75) is 243 Å². The Bertz CT molecular complexity index is 2630. The average Bonchev–Trinajstić information content (AvgIpc) is 1.19. The molecule has 518 valence electrons. The number of aliphatic hydroxyl groups excluding tert-OH is 1. The fraction of sp³-hybridized carbons (Fsp3) is 0.797. The van der Waals surface area contributed by atoms with Gasteiger partial charge < -0.3 is 49.3 Å². The molecule has 8 amide bonds.